The summed E-state index contributed by atoms with van der Waals surface area (Å²) < 4.78 is 47.3. The number of aliphatic hydroxyl groups is 2. The first-order chi connectivity index (χ1) is 35.3. The van der Waals surface area contributed by atoms with Crippen LogP contribution in [0.25, 0.3) is 0 Å². The number of nitrogens with zero attached hydrogens (tertiary/aromatic N) is 2. The molecule has 7 unspecified atom stereocenters. The van der Waals surface area contributed by atoms with E-state index in [1.54, 1.807) is 36.4 Å². The summed E-state index contributed by atoms with van der Waals surface area (Å²) in [6.07, 6.45) is 21.8. The van der Waals surface area contributed by atoms with Crippen LogP contribution in [0.5, 0.6) is 23.0 Å². The number of methoxy groups -OCH3 is 1. The quantitative estimate of drug-likeness (QED) is 0.0286. The van der Waals surface area contributed by atoms with Crippen LogP contribution >= 0.6 is 0 Å². The zero-order valence-corrected chi connectivity index (χ0v) is 42.8. The molecular formula is C59H79FN2O10. The van der Waals surface area contributed by atoms with Crippen LogP contribution in [0.3, 0.4) is 0 Å². The highest BCUT2D eigenvalue weighted by molar-refractivity contribution is 6.03. The van der Waals surface area contributed by atoms with Crippen LogP contribution < -0.4 is 14.2 Å². The summed E-state index contributed by atoms with van der Waals surface area (Å²) in [5.41, 5.74) is 3.62. The molecule has 0 aromatic heterocycles. The standard InChI is InChI=1S/C59H79FN2O10/c1-4-6-7-8-9-10-11-12-13-22-55(66)62(40-42-24-26-45(60)27-25-42)54-39-51(61-72-56-23-16-19-35-68-56)49-37-43(20-14-17-32-63)48(21-15-18-33-64)57-50-38-47(70-46-28-30-52(67-3)44(36-46)41-65)29-31-53(50)71-59(54,58(49)57)69-34-5-2/h5,24-31,36-38,41,43,48,54,56-58,63-64H,2,4,6-23,32-35,39-40H2,1,3H3. The summed E-state index contributed by atoms with van der Waals surface area (Å²) in [5, 5.41) is 25.2. The Hall–Kier alpha value is -5.08. The van der Waals surface area contributed by atoms with Crippen molar-refractivity contribution in [1.82, 2.24) is 4.90 Å². The van der Waals surface area contributed by atoms with Crippen molar-refractivity contribution in [2.45, 2.75) is 166 Å². The average molecular weight is 995 g/mol. The van der Waals surface area contributed by atoms with Gasteiger partial charge >= 0.3 is 0 Å². The summed E-state index contributed by atoms with van der Waals surface area (Å²) in [6.45, 7) is 7.33. The van der Waals surface area contributed by atoms with Gasteiger partial charge < -0.3 is 43.6 Å². The average Bonchev–Trinajstić information content (AvgIpc) is 3.40. The number of benzene rings is 3. The fraction of sp³-hybridized carbons (Fsp3) is 0.576. The van der Waals surface area contributed by atoms with Crippen LogP contribution in [0, 0.1) is 23.6 Å². The van der Waals surface area contributed by atoms with Crippen LogP contribution in [-0.2, 0) is 25.7 Å². The number of oxime groups is 1. The van der Waals surface area contributed by atoms with E-state index in [0.717, 1.165) is 87.2 Å². The molecule has 1 saturated carbocycles. The van der Waals surface area contributed by atoms with E-state index in [4.69, 9.17) is 33.7 Å². The van der Waals surface area contributed by atoms with Gasteiger partial charge in [0.1, 0.15) is 34.9 Å². The van der Waals surface area contributed by atoms with E-state index in [2.05, 4.69) is 19.6 Å². The highest BCUT2D eigenvalue weighted by Crippen LogP contribution is 2.62. The Morgan fingerprint density at radius 2 is 1.62 bits per heavy atom. The Balaban J connectivity index is 1.38. The lowest BCUT2D eigenvalue weighted by Gasteiger charge is -2.60. The number of rotatable bonds is 30. The van der Waals surface area contributed by atoms with Crippen LogP contribution in [0.2, 0.25) is 0 Å². The molecule has 3 aromatic carbocycles. The predicted octanol–water partition coefficient (Wildman–Crippen LogP) is 12.5. The van der Waals surface area contributed by atoms with Crippen molar-refractivity contribution in [3.05, 3.63) is 107 Å². The van der Waals surface area contributed by atoms with E-state index < -0.39 is 24.0 Å². The van der Waals surface area contributed by atoms with Gasteiger partial charge in [-0.15, -0.1) is 6.58 Å². The molecular weight excluding hydrogens is 916 g/mol. The van der Waals surface area contributed by atoms with Gasteiger partial charge in [0, 0.05) is 50.5 Å². The van der Waals surface area contributed by atoms with Crippen LogP contribution in [0.4, 0.5) is 4.39 Å². The van der Waals surface area contributed by atoms with E-state index in [-0.39, 0.29) is 62.3 Å². The number of fused-ring (bicyclic) bond motifs is 2. The molecule has 1 saturated heterocycles. The van der Waals surface area contributed by atoms with Gasteiger partial charge in [-0.1, -0.05) is 101 Å². The van der Waals surface area contributed by atoms with Gasteiger partial charge in [0.2, 0.25) is 18.0 Å². The van der Waals surface area contributed by atoms with Crippen LogP contribution in [0.1, 0.15) is 163 Å². The molecule has 392 valence electrons. The van der Waals surface area contributed by atoms with E-state index in [9.17, 15) is 19.4 Å². The van der Waals surface area contributed by atoms with Crippen molar-refractivity contribution in [1.29, 1.82) is 0 Å². The Morgan fingerprint density at radius 3 is 2.32 bits per heavy atom. The summed E-state index contributed by atoms with van der Waals surface area (Å²) in [5.74, 6) is -0.700. The molecule has 0 radical (unpaired) electrons. The van der Waals surface area contributed by atoms with Crippen molar-refractivity contribution >= 4 is 17.9 Å². The van der Waals surface area contributed by atoms with Gasteiger partial charge in [-0.2, -0.15) is 0 Å². The van der Waals surface area contributed by atoms with E-state index in [1.807, 2.05) is 23.1 Å². The SMILES string of the molecule is C=CCOC12Oc3ccc(Oc4ccc(OC)c(C=O)c4)cc3C3C(CCCCO)C(CCCCO)C=C(C(=NOC4CCCCO4)CC1N(Cc1ccc(F)cc1)C(=O)CCCCCCCCCCC)C32. The molecule has 2 N–H and O–H groups in total. The van der Waals surface area contributed by atoms with Gasteiger partial charge in [0.25, 0.3) is 0 Å². The topological polar surface area (TPSA) is 146 Å². The van der Waals surface area contributed by atoms with E-state index in [0.29, 0.717) is 66.6 Å². The highest BCUT2D eigenvalue weighted by atomic mass is 19.1. The maximum Gasteiger partial charge on any atom is 0.239 e. The number of carbonyl (C=O) groups is 2. The molecule has 2 heterocycles. The minimum absolute atomic E-state index is 0.0120. The maximum atomic E-state index is 15.3. The van der Waals surface area contributed by atoms with Gasteiger partial charge in [-0.3, -0.25) is 9.59 Å². The Labute approximate surface area is 426 Å². The monoisotopic (exact) mass is 995 g/mol. The predicted molar refractivity (Wildman–Crippen MR) is 277 cm³/mol. The van der Waals surface area contributed by atoms with Crippen molar-refractivity contribution in [2.24, 2.45) is 22.9 Å². The molecule has 3 aromatic rings. The second-order valence-electron chi connectivity index (χ2n) is 20.0. The second-order valence-corrected chi connectivity index (χ2v) is 20.0. The third kappa shape index (κ3) is 13.7. The third-order valence-corrected chi connectivity index (χ3v) is 15.1. The lowest BCUT2D eigenvalue weighted by atomic mass is 9.55. The third-order valence-electron chi connectivity index (χ3n) is 15.1. The first-order valence-electron chi connectivity index (χ1n) is 27.0. The van der Waals surface area contributed by atoms with Crippen molar-refractivity contribution in [2.75, 3.05) is 33.5 Å². The van der Waals surface area contributed by atoms with Gasteiger partial charge in [0.05, 0.1) is 37.5 Å². The van der Waals surface area contributed by atoms with Crippen molar-refractivity contribution in [3.8, 4) is 23.0 Å². The number of allylic oxidation sites excluding steroid dienone is 1. The Morgan fingerprint density at radius 1 is 0.903 bits per heavy atom. The summed E-state index contributed by atoms with van der Waals surface area (Å²) in [7, 11) is 1.52. The molecule has 1 amide bonds. The lowest BCUT2D eigenvalue weighted by molar-refractivity contribution is -0.258. The molecule has 2 aliphatic heterocycles. The van der Waals surface area contributed by atoms with Crippen LogP contribution in [-0.4, -0.2) is 84.7 Å². The Kier molecular flexibility index (Phi) is 21.1. The van der Waals surface area contributed by atoms with Gasteiger partial charge in [-0.25, -0.2) is 4.39 Å². The summed E-state index contributed by atoms with van der Waals surface area (Å²) >= 11 is 0. The number of amides is 1. The highest BCUT2D eigenvalue weighted by Gasteiger charge is 2.65. The zero-order valence-electron chi connectivity index (χ0n) is 42.8. The molecule has 4 aliphatic rings. The van der Waals surface area contributed by atoms with Crippen LogP contribution in [0.15, 0.2) is 90.1 Å². The fourth-order valence-corrected chi connectivity index (χ4v) is 11.5. The molecule has 12 nitrogen and oxygen atoms in total. The number of hydrogen-bond donors (Lipinski definition) is 2. The normalized spacial score (nSPS) is 23.8. The largest absolute Gasteiger partial charge is 0.496 e. The number of unbranched alkanes of at least 4 members (excludes halogenated alkanes) is 10. The minimum atomic E-state index is -1.48. The van der Waals surface area contributed by atoms with E-state index in [1.165, 1.54) is 51.3 Å². The molecule has 0 bridgehead atoms. The fourth-order valence-electron chi connectivity index (χ4n) is 11.5. The molecule has 2 fully saturated rings. The molecule has 13 heteroatoms. The molecule has 0 spiro atoms. The molecule has 7 rings (SSSR count). The number of halogens is 1. The van der Waals surface area contributed by atoms with Gasteiger partial charge in [0.15, 0.2) is 6.29 Å². The number of ether oxygens (including phenoxy) is 5. The summed E-state index contributed by atoms with van der Waals surface area (Å²) in [6, 6.07) is 16.5. The number of aliphatic hydroxyl groups excluding tert-OH is 2. The summed E-state index contributed by atoms with van der Waals surface area (Å²) in [4.78, 5) is 35.6. The number of aldehydes is 1. The molecule has 2 aliphatic carbocycles. The number of hydrogen-bond acceptors (Lipinski definition) is 11. The Bertz CT molecular complexity index is 2260. The first-order valence-corrected chi connectivity index (χ1v) is 27.0. The van der Waals surface area contributed by atoms with Crippen molar-refractivity contribution < 1.29 is 52.7 Å². The van der Waals surface area contributed by atoms with Crippen molar-refractivity contribution in [3.63, 3.8) is 0 Å². The zero-order chi connectivity index (χ0) is 50.7. The maximum absolute atomic E-state index is 15.3. The minimum Gasteiger partial charge on any atom is -0.496 e. The smallest absolute Gasteiger partial charge is 0.239 e. The lowest BCUT2D eigenvalue weighted by Crippen LogP contribution is -2.70. The van der Waals surface area contributed by atoms with Gasteiger partial charge in [-0.05, 0) is 116 Å². The molecule has 7 atom stereocenters. The number of carbonyl (C=O) groups excluding carboxylic acids is 2. The first kappa shape index (κ1) is 54.7. The molecule has 72 heavy (non-hydrogen) atoms. The second kappa shape index (κ2) is 27.8. The van der Waals surface area contributed by atoms with E-state index >= 15 is 4.79 Å².